The van der Waals surface area contributed by atoms with E-state index in [0.717, 1.165) is 24.5 Å². The third-order valence-electron chi connectivity index (χ3n) is 2.50. The minimum absolute atomic E-state index is 0.615. The van der Waals surface area contributed by atoms with Crippen LogP contribution in [0.5, 0.6) is 0 Å². The van der Waals surface area contributed by atoms with Crippen molar-refractivity contribution in [1.29, 1.82) is 0 Å². The van der Waals surface area contributed by atoms with Crippen molar-refractivity contribution in [3.8, 4) is 0 Å². The molecule has 0 aliphatic carbocycles. The number of hydrogen-bond donors (Lipinski definition) is 1. The van der Waals surface area contributed by atoms with Crippen LogP contribution in [0, 0.1) is 11.8 Å². The second-order valence-electron chi connectivity index (χ2n) is 5.40. The highest BCUT2D eigenvalue weighted by Crippen LogP contribution is 2.27. The molecule has 0 aliphatic heterocycles. The third-order valence-corrected chi connectivity index (χ3v) is 2.74. The van der Waals surface area contributed by atoms with Gasteiger partial charge in [-0.25, -0.2) is 0 Å². The molecule has 0 atom stereocenters. The van der Waals surface area contributed by atoms with E-state index in [0.29, 0.717) is 16.9 Å². The van der Waals surface area contributed by atoms with Crippen LogP contribution in [0.3, 0.4) is 0 Å². The molecule has 2 nitrogen and oxygen atoms in total. The highest BCUT2D eigenvalue weighted by Gasteiger charge is 2.13. The first-order chi connectivity index (χ1) is 7.90. The van der Waals surface area contributed by atoms with E-state index in [1.54, 1.807) is 0 Å². The largest absolute Gasteiger partial charge is 0.397 e. The Labute approximate surface area is 110 Å². The van der Waals surface area contributed by atoms with Crippen LogP contribution in [0.25, 0.3) is 0 Å². The molecule has 96 valence electrons. The number of nitrogens with zero attached hydrogens (tertiary/aromatic N) is 1. The van der Waals surface area contributed by atoms with Gasteiger partial charge < -0.3 is 10.6 Å². The molecule has 0 bridgehead atoms. The van der Waals surface area contributed by atoms with Crippen LogP contribution in [-0.4, -0.2) is 13.1 Å². The summed E-state index contributed by atoms with van der Waals surface area (Å²) in [6.07, 6.45) is 0. The molecular formula is C14H23ClN2. The molecule has 0 saturated carbocycles. The lowest BCUT2D eigenvalue weighted by Crippen LogP contribution is -2.31. The van der Waals surface area contributed by atoms with Crippen LogP contribution in [0.4, 0.5) is 11.4 Å². The molecular weight excluding hydrogens is 232 g/mol. The third kappa shape index (κ3) is 4.47. The summed E-state index contributed by atoms with van der Waals surface area (Å²) in [5.74, 6) is 1.23. The fourth-order valence-corrected chi connectivity index (χ4v) is 2.15. The smallest absolute Gasteiger partial charge is 0.0601 e. The minimum atomic E-state index is 0.615. The summed E-state index contributed by atoms with van der Waals surface area (Å²) >= 11 is 5.93. The van der Waals surface area contributed by atoms with Gasteiger partial charge in [0.05, 0.1) is 11.4 Å². The fourth-order valence-electron chi connectivity index (χ4n) is 1.97. The lowest BCUT2D eigenvalue weighted by molar-refractivity contribution is 0.553. The van der Waals surface area contributed by atoms with Gasteiger partial charge in [-0.05, 0) is 30.0 Å². The van der Waals surface area contributed by atoms with Crippen LogP contribution < -0.4 is 10.6 Å². The van der Waals surface area contributed by atoms with Crippen LogP contribution >= 0.6 is 11.6 Å². The zero-order valence-corrected chi connectivity index (χ0v) is 12.0. The summed E-state index contributed by atoms with van der Waals surface area (Å²) < 4.78 is 0. The number of anilines is 2. The molecule has 0 aromatic heterocycles. The number of hydrogen-bond acceptors (Lipinski definition) is 2. The van der Waals surface area contributed by atoms with Gasteiger partial charge in [0.1, 0.15) is 0 Å². The summed E-state index contributed by atoms with van der Waals surface area (Å²) in [5, 5.41) is 0.695. The van der Waals surface area contributed by atoms with Crippen molar-refractivity contribution in [2.45, 2.75) is 27.7 Å². The molecule has 0 aliphatic rings. The van der Waals surface area contributed by atoms with Crippen LogP contribution in [-0.2, 0) is 0 Å². The molecule has 1 aromatic carbocycles. The Morgan fingerprint density at radius 1 is 1.12 bits per heavy atom. The van der Waals surface area contributed by atoms with Crippen molar-refractivity contribution in [3.63, 3.8) is 0 Å². The highest BCUT2D eigenvalue weighted by molar-refractivity contribution is 6.31. The maximum atomic E-state index is 6.05. The normalized spacial score (nSPS) is 11.2. The fraction of sp³-hybridized carbons (Fsp3) is 0.571. The molecule has 0 fully saturated rings. The first-order valence-corrected chi connectivity index (χ1v) is 6.58. The molecule has 2 N–H and O–H groups in total. The average Bonchev–Trinajstić information content (AvgIpc) is 2.14. The molecule has 17 heavy (non-hydrogen) atoms. The van der Waals surface area contributed by atoms with Gasteiger partial charge in [-0.1, -0.05) is 39.3 Å². The Morgan fingerprint density at radius 3 is 2.06 bits per heavy atom. The maximum absolute atomic E-state index is 6.05. The number of halogens is 1. The Bertz CT molecular complexity index is 351. The summed E-state index contributed by atoms with van der Waals surface area (Å²) in [4.78, 5) is 2.35. The van der Waals surface area contributed by atoms with Gasteiger partial charge in [0.15, 0.2) is 0 Å². The first-order valence-electron chi connectivity index (χ1n) is 6.20. The number of nitrogens with two attached hydrogens (primary N) is 1. The Balaban J connectivity index is 2.95. The van der Waals surface area contributed by atoms with Crippen molar-refractivity contribution in [2.75, 3.05) is 23.7 Å². The van der Waals surface area contributed by atoms with Crippen molar-refractivity contribution >= 4 is 23.0 Å². The van der Waals surface area contributed by atoms with E-state index < -0.39 is 0 Å². The lowest BCUT2D eigenvalue weighted by atomic mass is 10.1. The van der Waals surface area contributed by atoms with E-state index in [1.807, 2.05) is 18.2 Å². The highest BCUT2D eigenvalue weighted by atomic mass is 35.5. The SMILES string of the molecule is CC(C)CN(CC(C)C)c1ccc(Cl)cc1N. The number of benzene rings is 1. The van der Waals surface area contributed by atoms with Crippen LogP contribution in [0.1, 0.15) is 27.7 Å². The monoisotopic (exact) mass is 254 g/mol. The Kier molecular flexibility index (Phi) is 5.13. The van der Waals surface area contributed by atoms with Gasteiger partial charge in [-0.3, -0.25) is 0 Å². The van der Waals surface area contributed by atoms with Crippen molar-refractivity contribution < 1.29 is 0 Å². The lowest BCUT2D eigenvalue weighted by Gasteiger charge is -2.29. The van der Waals surface area contributed by atoms with Gasteiger partial charge in [0.2, 0.25) is 0 Å². The zero-order chi connectivity index (χ0) is 13.0. The molecule has 1 rings (SSSR count). The molecule has 3 heteroatoms. The van der Waals surface area contributed by atoms with Gasteiger partial charge in [0.25, 0.3) is 0 Å². The zero-order valence-electron chi connectivity index (χ0n) is 11.2. The van der Waals surface area contributed by atoms with Crippen molar-refractivity contribution in [3.05, 3.63) is 23.2 Å². The average molecular weight is 255 g/mol. The molecule has 0 heterocycles. The molecule has 0 spiro atoms. The quantitative estimate of drug-likeness (QED) is 0.804. The van der Waals surface area contributed by atoms with Gasteiger partial charge >= 0.3 is 0 Å². The summed E-state index contributed by atoms with van der Waals surface area (Å²) in [7, 11) is 0. The van der Waals surface area contributed by atoms with Gasteiger partial charge in [0, 0.05) is 18.1 Å². The van der Waals surface area contributed by atoms with E-state index in [-0.39, 0.29) is 0 Å². The van der Waals surface area contributed by atoms with Crippen molar-refractivity contribution in [1.82, 2.24) is 0 Å². The Morgan fingerprint density at radius 2 is 1.65 bits per heavy atom. The van der Waals surface area contributed by atoms with E-state index in [1.165, 1.54) is 0 Å². The molecule has 0 radical (unpaired) electrons. The van der Waals surface area contributed by atoms with E-state index in [9.17, 15) is 0 Å². The van der Waals surface area contributed by atoms with E-state index in [4.69, 9.17) is 17.3 Å². The predicted octanol–water partition coefficient (Wildman–Crippen LogP) is 4.04. The van der Waals surface area contributed by atoms with Crippen LogP contribution in [0.2, 0.25) is 5.02 Å². The summed E-state index contributed by atoms with van der Waals surface area (Å²) in [6.45, 7) is 10.9. The summed E-state index contributed by atoms with van der Waals surface area (Å²) in [5.41, 5.74) is 7.90. The number of nitrogen functional groups attached to an aromatic ring is 1. The Hall–Kier alpha value is -0.890. The predicted molar refractivity (Wildman–Crippen MR) is 77.8 cm³/mol. The second-order valence-corrected chi connectivity index (χ2v) is 5.83. The number of rotatable bonds is 5. The standard InChI is InChI=1S/C14H23ClN2/c1-10(2)8-17(9-11(3)4)14-6-5-12(15)7-13(14)16/h5-7,10-11H,8-9,16H2,1-4H3. The topological polar surface area (TPSA) is 29.3 Å². The van der Waals surface area contributed by atoms with Gasteiger partial charge in [-0.2, -0.15) is 0 Å². The first kappa shape index (κ1) is 14.2. The second kappa shape index (κ2) is 6.15. The van der Waals surface area contributed by atoms with E-state index >= 15 is 0 Å². The maximum Gasteiger partial charge on any atom is 0.0601 e. The van der Waals surface area contributed by atoms with Crippen LogP contribution in [0.15, 0.2) is 18.2 Å². The molecule has 0 unspecified atom stereocenters. The van der Waals surface area contributed by atoms with Crippen molar-refractivity contribution in [2.24, 2.45) is 11.8 Å². The molecule has 1 aromatic rings. The van der Waals surface area contributed by atoms with E-state index in [2.05, 4.69) is 32.6 Å². The molecule has 0 amide bonds. The molecule has 0 saturated heterocycles. The summed E-state index contributed by atoms with van der Waals surface area (Å²) in [6, 6.07) is 5.74. The van der Waals surface area contributed by atoms with Gasteiger partial charge in [-0.15, -0.1) is 0 Å². The minimum Gasteiger partial charge on any atom is -0.397 e.